The standard InChI is InChI=1S/C30H25N3O4S/c34-28(31-25-11-5-6-12-26(25)32-13-15-37-16-14-32)19-33-29(35)27(38-30(33)36)18-24-22-9-3-1-7-20(22)17-21-8-2-4-10-23(21)24/h1-12,17-18H,13-16,19H2,(H,31,34)/b27-18+. The molecule has 8 heteroatoms. The summed E-state index contributed by atoms with van der Waals surface area (Å²) in [5, 5.41) is 6.53. The van der Waals surface area contributed by atoms with Crippen LogP contribution in [0.15, 0.2) is 83.8 Å². The number of thioether (sulfide) groups is 1. The zero-order chi connectivity index (χ0) is 26.1. The molecule has 2 aliphatic rings. The smallest absolute Gasteiger partial charge is 0.294 e. The molecule has 4 aromatic carbocycles. The van der Waals surface area contributed by atoms with Gasteiger partial charge in [0, 0.05) is 13.1 Å². The highest BCUT2D eigenvalue weighted by Crippen LogP contribution is 2.36. The van der Waals surface area contributed by atoms with Crippen LogP contribution in [0.3, 0.4) is 0 Å². The van der Waals surface area contributed by atoms with Crippen LogP contribution in [0.25, 0.3) is 27.6 Å². The Kier molecular flexibility index (Phi) is 6.57. The van der Waals surface area contributed by atoms with Gasteiger partial charge in [-0.1, -0.05) is 60.7 Å². The van der Waals surface area contributed by atoms with Gasteiger partial charge in [-0.2, -0.15) is 0 Å². The van der Waals surface area contributed by atoms with Crippen molar-refractivity contribution in [3.8, 4) is 0 Å². The highest BCUT2D eigenvalue weighted by Gasteiger charge is 2.36. The topological polar surface area (TPSA) is 79.0 Å². The second-order valence-electron chi connectivity index (χ2n) is 9.17. The molecule has 0 bridgehead atoms. The largest absolute Gasteiger partial charge is 0.378 e. The Morgan fingerprint density at radius 2 is 1.53 bits per heavy atom. The highest BCUT2D eigenvalue weighted by atomic mass is 32.2. The van der Waals surface area contributed by atoms with Crippen LogP contribution in [-0.2, 0) is 14.3 Å². The van der Waals surface area contributed by atoms with Gasteiger partial charge in [-0.15, -0.1) is 0 Å². The van der Waals surface area contributed by atoms with Crippen LogP contribution in [0.1, 0.15) is 5.56 Å². The van der Waals surface area contributed by atoms with Crippen LogP contribution in [0.4, 0.5) is 16.2 Å². The molecule has 0 spiro atoms. The number of nitrogens with one attached hydrogen (secondary N) is 1. The van der Waals surface area contributed by atoms with Gasteiger partial charge in [0.25, 0.3) is 11.1 Å². The molecule has 2 fully saturated rings. The molecule has 6 rings (SSSR count). The van der Waals surface area contributed by atoms with Gasteiger partial charge < -0.3 is 15.0 Å². The Labute approximate surface area is 224 Å². The third kappa shape index (κ3) is 4.64. The number of anilines is 2. The third-order valence-electron chi connectivity index (χ3n) is 6.79. The van der Waals surface area contributed by atoms with Crippen LogP contribution in [0, 0.1) is 0 Å². The summed E-state index contributed by atoms with van der Waals surface area (Å²) in [5.41, 5.74) is 2.42. The number of morpholine rings is 1. The number of rotatable bonds is 5. The predicted molar refractivity (Wildman–Crippen MR) is 152 cm³/mol. The van der Waals surface area contributed by atoms with Crippen molar-refractivity contribution in [2.24, 2.45) is 0 Å². The van der Waals surface area contributed by atoms with Gasteiger partial charge in [0.05, 0.1) is 29.5 Å². The minimum Gasteiger partial charge on any atom is -0.378 e. The van der Waals surface area contributed by atoms with Crippen molar-refractivity contribution in [3.05, 3.63) is 89.3 Å². The number of ether oxygens (including phenoxy) is 1. The number of carbonyl (C=O) groups is 3. The van der Waals surface area contributed by atoms with Gasteiger partial charge in [0.15, 0.2) is 0 Å². The molecule has 0 radical (unpaired) electrons. The molecular weight excluding hydrogens is 498 g/mol. The fourth-order valence-electron chi connectivity index (χ4n) is 4.96. The van der Waals surface area contributed by atoms with Gasteiger partial charge in [0.2, 0.25) is 5.91 Å². The predicted octanol–water partition coefficient (Wildman–Crippen LogP) is 5.50. The fourth-order valence-corrected chi connectivity index (χ4v) is 5.78. The number of carbonyl (C=O) groups excluding carboxylic acids is 3. The van der Waals surface area contributed by atoms with Gasteiger partial charge in [-0.3, -0.25) is 19.3 Å². The number of benzene rings is 4. The Morgan fingerprint density at radius 1 is 0.895 bits per heavy atom. The van der Waals surface area contributed by atoms with E-state index in [2.05, 4.69) is 16.3 Å². The lowest BCUT2D eigenvalue weighted by Gasteiger charge is -2.30. The van der Waals surface area contributed by atoms with Crippen molar-refractivity contribution >= 4 is 67.8 Å². The number of fused-ring (bicyclic) bond motifs is 2. The van der Waals surface area contributed by atoms with E-state index in [0.29, 0.717) is 23.8 Å². The summed E-state index contributed by atoms with van der Waals surface area (Å²) < 4.78 is 5.44. The van der Waals surface area contributed by atoms with E-state index in [9.17, 15) is 14.4 Å². The Morgan fingerprint density at radius 3 is 2.24 bits per heavy atom. The maximum absolute atomic E-state index is 13.3. The fraction of sp³-hybridized carbons (Fsp3) is 0.167. The SMILES string of the molecule is O=C(CN1C(=O)S/C(=C/c2c3ccccc3cc3ccccc23)C1=O)Nc1ccccc1N1CCOCC1. The molecule has 38 heavy (non-hydrogen) atoms. The van der Waals surface area contributed by atoms with E-state index < -0.39 is 17.1 Å². The lowest BCUT2D eigenvalue weighted by molar-refractivity contribution is -0.127. The molecular formula is C30H25N3O4S. The van der Waals surface area contributed by atoms with Crippen molar-refractivity contribution < 1.29 is 19.1 Å². The molecule has 2 saturated heterocycles. The quantitative estimate of drug-likeness (QED) is 0.275. The maximum atomic E-state index is 13.3. The van der Waals surface area contributed by atoms with Crippen LogP contribution in [-0.4, -0.2) is 54.8 Å². The normalized spacial score (nSPS) is 17.1. The van der Waals surface area contributed by atoms with E-state index >= 15 is 0 Å². The number of imide groups is 1. The zero-order valence-electron chi connectivity index (χ0n) is 20.6. The molecule has 7 nitrogen and oxygen atoms in total. The molecule has 4 aromatic rings. The van der Waals surface area contributed by atoms with Crippen molar-refractivity contribution in [1.29, 1.82) is 0 Å². The molecule has 2 aliphatic heterocycles. The summed E-state index contributed by atoms with van der Waals surface area (Å²) in [6.45, 7) is 2.34. The number of amides is 3. The van der Waals surface area contributed by atoms with E-state index in [0.717, 1.165) is 62.5 Å². The molecule has 190 valence electrons. The first-order chi connectivity index (χ1) is 18.6. The first-order valence-electron chi connectivity index (χ1n) is 12.5. The minimum atomic E-state index is -0.464. The van der Waals surface area contributed by atoms with Crippen molar-refractivity contribution in [2.75, 3.05) is 43.1 Å². The van der Waals surface area contributed by atoms with E-state index in [1.807, 2.05) is 72.8 Å². The van der Waals surface area contributed by atoms with Gasteiger partial charge >= 0.3 is 0 Å². The zero-order valence-corrected chi connectivity index (χ0v) is 21.4. The van der Waals surface area contributed by atoms with E-state index in [4.69, 9.17) is 4.74 Å². The summed E-state index contributed by atoms with van der Waals surface area (Å²) in [7, 11) is 0. The molecule has 0 aromatic heterocycles. The minimum absolute atomic E-state index is 0.304. The Bertz CT molecular complexity index is 1560. The Balaban J connectivity index is 1.25. The monoisotopic (exact) mass is 523 g/mol. The van der Waals surface area contributed by atoms with Gasteiger partial charge in [-0.25, -0.2) is 0 Å². The number of hydrogen-bond donors (Lipinski definition) is 1. The third-order valence-corrected chi connectivity index (χ3v) is 7.70. The van der Waals surface area contributed by atoms with Crippen molar-refractivity contribution in [1.82, 2.24) is 4.90 Å². The first-order valence-corrected chi connectivity index (χ1v) is 13.3. The lowest BCUT2D eigenvalue weighted by Crippen LogP contribution is -2.38. The second-order valence-corrected chi connectivity index (χ2v) is 10.2. The van der Waals surface area contributed by atoms with E-state index in [1.165, 1.54) is 0 Å². The average Bonchev–Trinajstić information content (AvgIpc) is 3.21. The van der Waals surface area contributed by atoms with Crippen LogP contribution < -0.4 is 10.2 Å². The van der Waals surface area contributed by atoms with Gasteiger partial charge in [-0.05, 0) is 63.1 Å². The molecule has 0 unspecified atom stereocenters. The van der Waals surface area contributed by atoms with E-state index in [-0.39, 0.29) is 6.54 Å². The van der Waals surface area contributed by atoms with Crippen molar-refractivity contribution in [2.45, 2.75) is 0 Å². The van der Waals surface area contributed by atoms with Crippen molar-refractivity contribution in [3.63, 3.8) is 0 Å². The number of para-hydroxylation sites is 2. The highest BCUT2D eigenvalue weighted by molar-refractivity contribution is 8.18. The number of hydrogen-bond acceptors (Lipinski definition) is 6. The molecule has 0 atom stereocenters. The van der Waals surface area contributed by atoms with Crippen LogP contribution in [0.5, 0.6) is 0 Å². The number of nitrogens with zero attached hydrogens (tertiary/aromatic N) is 2. The molecule has 1 N–H and O–H groups in total. The van der Waals surface area contributed by atoms with Crippen LogP contribution in [0.2, 0.25) is 0 Å². The average molecular weight is 524 g/mol. The lowest BCUT2D eigenvalue weighted by atomic mass is 9.96. The first kappa shape index (κ1) is 24.2. The van der Waals surface area contributed by atoms with E-state index in [1.54, 1.807) is 6.08 Å². The second kappa shape index (κ2) is 10.3. The summed E-state index contributed by atoms with van der Waals surface area (Å²) in [6.07, 6.45) is 1.78. The molecule has 3 amide bonds. The molecule has 2 heterocycles. The summed E-state index contributed by atoms with van der Waals surface area (Å²) in [5.74, 6) is -0.890. The maximum Gasteiger partial charge on any atom is 0.294 e. The summed E-state index contributed by atoms with van der Waals surface area (Å²) in [6, 6.07) is 25.6. The van der Waals surface area contributed by atoms with Crippen LogP contribution >= 0.6 is 11.8 Å². The molecule has 0 saturated carbocycles. The Hall–Kier alpha value is -4.14. The van der Waals surface area contributed by atoms with Gasteiger partial charge in [0.1, 0.15) is 6.54 Å². The summed E-state index contributed by atoms with van der Waals surface area (Å²) in [4.78, 5) is 42.6. The molecule has 0 aliphatic carbocycles. The summed E-state index contributed by atoms with van der Waals surface area (Å²) >= 11 is 0.864.